The lowest BCUT2D eigenvalue weighted by molar-refractivity contribution is -0.142. The minimum absolute atomic E-state index is 0.00939. The number of hydrogen-bond donors (Lipinski definition) is 6. The van der Waals surface area contributed by atoms with Crippen LogP contribution in [-0.4, -0.2) is 140 Å². The number of amides is 3. The molecule has 0 aromatic heterocycles. The van der Waals surface area contributed by atoms with Crippen LogP contribution in [-0.2, 0) is 28.8 Å². The Balaban J connectivity index is 0.00000121. The zero-order valence-electron chi connectivity index (χ0n) is 55.7. The number of nitrogens with zero attached hydrogens (tertiary/aromatic N) is 3. The molecule has 3 aliphatic rings. The second-order valence-corrected chi connectivity index (χ2v) is 25.1. The van der Waals surface area contributed by atoms with Crippen molar-refractivity contribution in [2.75, 3.05) is 52.5 Å². The number of carboxylic acid groups (broad SMARTS) is 3. The Bertz CT molecular complexity index is 1580. The van der Waals surface area contributed by atoms with Crippen molar-refractivity contribution in [3.8, 4) is 0 Å². The first-order valence-electron chi connectivity index (χ1n) is 35.6. The van der Waals surface area contributed by atoms with Gasteiger partial charge in [0.25, 0.3) is 0 Å². The van der Waals surface area contributed by atoms with Gasteiger partial charge < -0.3 is 45.3 Å². The number of carboxylic acids is 3. The van der Waals surface area contributed by atoms with Gasteiger partial charge in [-0.1, -0.05) is 231 Å². The van der Waals surface area contributed by atoms with E-state index in [1.807, 2.05) is 0 Å². The van der Waals surface area contributed by atoms with Crippen LogP contribution >= 0.6 is 0 Å². The number of aliphatic carboxylic acids is 3. The Morgan fingerprint density at radius 2 is 0.529 bits per heavy atom. The van der Waals surface area contributed by atoms with E-state index in [1.165, 1.54) is 231 Å². The Morgan fingerprint density at radius 1 is 0.345 bits per heavy atom. The summed E-state index contributed by atoms with van der Waals surface area (Å²) in [5.74, 6) is -3.98. The van der Waals surface area contributed by atoms with Gasteiger partial charge in [0.05, 0.1) is 31.0 Å². The van der Waals surface area contributed by atoms with Gasteiger partial charge in [-0.15, -0.1) is 0 Å². The van der Waals surface area contributed by atoms with E-state index in [4.69, 9.17) is 30.6 Å². The number of aliphatic hydroxyl groups is 3. The van der Waals surface area contributed by atoms with Gasteiger partial charge in [0.1, 0.15) is 6.10 Å². The van der Waals surface area contributed by atoms with Crippen molar-refractivity contribution in [1.29, 1.82) is 0 Å². The molecule has 0 saturated carbocycles. The van der Waals surface area contributed by atoms with Crippen LogP contribution in [0.15, 0.2) is 36.5 Å². The van der Waals surface area contributed by atoms with Crippen LogP contribution in [0.4, 0.5) is 0 Å². The highest BCUT2D eigenvalue weighted by atomic mass is 16.4. The summed E-state index contributed by atoms with van der Waals surface area (Å²) in [5, 5.41) is 50.9. The lowest BCUT2D eigenvalue weighted by atomic mass is 10.1. The number of aliphatic hydroxyl groups excluding tert-OH is 3. The van der Waals surface area contributed by atoms with Crippen LogP contribution in [0.2, 0.25) is 0 Å². The molecule has 3 saturated heterocycles. The molecule has 15 heteroatoms. The summed E-state index contributed by atoms with van der Waals surface area (Å²) in [6.45, 7) is 9.44. The van der Waals surface area contributed by atoms with E-state index in [2.05, 4.69) is 57.2 Å². The molecule has 3 amide bonds. The largest absolute Gasteiger partial charge is 0.481 e. The van der Waals surface area contributed by atoms with Crippen molar-refractivity contribution in [3.05, 3.63) is 36.5 Å². The van der Waals surface area contributed by atoms with Gasteiger partial charge in [0, 0.05) is 58.5 Å². The first-order chi connectivity index (χ1) is 42.2. The summed E-state index contributed by atoms with van der Waals surface area (Å²) in [6, 6.07) is 0. The quantitative estimate of drug-likeness (QED) is 0.0247. The molecule has 3 aliphatic heterocycles. The van der Waals surface area contributed by atoms with Crippen LogP contribution in [0.1, 0.15) is 310 Å². The Hall–Kier alpha value is -4.08. The zero-order valence-corrected chi connectivity index (χ0v) is 55.7. The van der Waals surface area contributed by atoms with Crippen LogP contribution in [0, 0.1) is 17.8 Å². The summed E-state index contributed by atoms with van der Waals surface area (Å²) in [4.78, 5) is 73.2. The van der Waals surface area contributed by atoms with Crippen molar-refractivity contribution in [1.82, 2.24) is 14.7 Å². The van der Waals surface area contributed by atoms with Crippen LogP contribution in [0.25, 0.3) is 0 Å². The molecular weight excluding hydrogens is 1100 g/mol. The van der Waals surface area contributed by atoms with Crippen molar-refractivity contribution >= 4 is 35.6 Å². The molecule has 0 spiro atoms. The normalized spacial score (nSPS) is 16.8. The maximum absolute atomic E-state index is 11.7. The number of allylic oxidation sites excluding steroid dienone is 6. The molecule has 3 heterocycles. The number of unbranched alkanes of at least 4 members (excludes halogenated alkanes) is 36. The number of carbonyl (C=O) groups excluding carboxylic acids is 3. The fraction of sp³-hybridized carbons (Fsp3) is 0.833. The molecule has 0 aliphatic carbocycles. The summed E-state index contributed by atoms with van der Waals surface area (Å²) in [5.41, 5.74) is 0. The average Bonchev–Trinajstić information content (AvgIpc) is 4.20. The van der Waals surface area contributed by atoms with E-state index in [9.17, 15) is 28.8 Å². The van der Waals surface area contributed by atoms with Gasteiger partial charge in [0.2, 0.25) is 17.7 Å². The van der Waals surface area contributed by atoms with E-state index >= 15 is 0 Å². The molecule has 3 fully saturated rings. The van der Waals surface area contributed by atoms with Gasteiger partial charge in [-0.2, -0.15) is 0 Å². The topological polar surface area (TPSA) is 234 Å². The highest BCUT2D eigenvalue weighted by molar-refractivity contribution is 5.87. The third-order valence-corrected chi connectivity index (χ3v) is 16.9. The molecule has 0 radical (unpaired) electrons. The molecule has 0 bridgehead atoms. The van der Waals surface area contributed by atoms with Gasteiger partial charge in [0.15, 0.2) is 0 Å². The molecule has 6 N–H and O–H groups in total. The van der Waals surface area contributed by atoms with E-state index in [0.717, 1.165) is 58.2 Å². The Morgan fingerprint density at radius 3 is 0.690 bits per heavy atom. The van der Waals surface area contributed by atoms with Crippen LogP contribution in [0.5, 0.6) is 0 Å². The standard InChI is InChI=1S/3C23H41NO3.C3H8O3/c3*1-2-3-4-5-6-7-8-9-10-11-12-13-14-15-16-17-18-24-20-21(23(26)27)19-22(24)25;4-1-3(6)2-5/h3*9-10,21H,2-8,11-20H2,1H3,(H,26,27);3-6H,1-2H2. The van der Waals surface area contributed by atoms with Gasteiger partial charge in [-0.05, 0) is 96.3 Å². The minimum Gasteiger partial charge on any atom is -0.481 e. The molecule has 15 nitrogen and oxygen atoms in total. The second kappa shape index (κ2) is 60.8. The fourth-order valence-corrected chi connectivity index (χ4v) is 11.2. The second-order valence-electron chi connectivity index (χ2n) is 25.1. The predicted molar refractivity (Wildman–Crippen MR) is 356 cm³/mol. The van der Waals surface area contributed by atoms with E-state index in [-0.39, 0.29) is 50.2 Å². The number of rotatable bonds is 53. The number of likely N-dealkylation sites (tertiary alicyclic amines) is 3. The smallest absolute Gasteiger partial charge is 0.308 e. The monoisotopic (exact) mass is 1230 g/mol. The SMILES string of the molecule is CCCCCCCCC=CCCCCCCCCN1CC(C(=O)O)CC1=O.CCCCCCCCC=CCCCCCCCCN1CC(C(=O)O)CC1=O.CCCCCCCCC=CCCCCCCCCN1CC(C(=O)O)CC1=O.OCC(O)CO. The highest BCUT2D eigenvalue weighted by Gasteiger charge is 2.35. The Kier molecular flexibility index (Phi) is 58.0. The van der Waals surface area contributed by atoms with Gasteiger partial charge in [-0.25, -0.2) is 0 Å². The third kappa shape index (κ3) is 50.4. The maximum atomic E-state index is 11.7. The number of hydrogen-bond acceptors (Lipinski definition) is 9. The predicted octanol–water partition coefficient (Wildman–Crippen LogP) is 16.2. The summed E-state index contributed by atoms with van der Waals surface area (Å²) in [6.07, 6.45) is 67.2. The van der Waals surface area contributed by atoms with Crippen molar-refractivity contribution in [3.63, 3.8) is 0 Å². The average molecular weight is 1230 g/mol. The Labute approximate surface area is 530 Å². The summed E-state index contributed by atoms with van der Waals surface area (Å²) in [7, 11) is 0. The molecule has 3 unspecified atom stereocenters. The van der Waals surface area contributed by atoms with Crippen LogP contribution < -0.4 is 0 Å². The lowest BCUT2D eigenvalue weighted by Gasteiger charge is -2.15. The molecule has 0 aromatic carbocycles. The molecule has 506 valence electrons. The third-order valence-electron chi connectivity index (χ3n) is 16.9. The van der Waals surface area contributed by atoms with E-state index in [0.29, 0.717) is 19.6 Å². The highest BCUT2D eigenvalue weighted by Crippen LogP contribution is 2.22. The van der Waals surface area contributed by atoms with Gasteiger partial charge in [-0.3, -0.25) is 28.8 Å². The van der Waals surface area contributed by atoms with Crippen molar-refractivity contribution < 1.29 is 59.4 Å². The zero-order chi connectivity index (χ0) is 64.2. The van der Waals surface area contributed by atoms with Crippen molar-refractivity contribution in [2.45, 2.75) is 316 Å². The maximum Gasteiger partial charge on any atom is 0.308 e. The summed E-state index contributed by atoms with van der Waals surface area (Å²) < 4.78 is 0. The van der Waals surface area contributed by atoms with Gasteiger partial charge >= 0.3 is 17.9 Å². The summed E-state index contributed by atoms with van der Waals surface area (Å²) >= 11 is 0. The number of carbonyl (C=O) groups is 6. The van der Waals surface area contributed by atoms with Crippen LogP contribution in [0.3, 0.4) is 0 Å². The molecular formula is C72H131N3O12. The van der Waals surface area contributed by atoms with E-state index in [1.54, 1.807) is 14.7 Å². The first-order valence-corrected chi connectivity index (χ1v) is 35.6. The molecule has 0 aromatic rings. The lowest BCUT2D eigenvalue weighted by Crippen LogP contribution is -2.27. The minimum atomic E-state index is -0.954. The molecule has 3 rings (SSSR count). The first kappa shape index (κ1) is 82.9. The van der Waals surface area contributed by atoms with E-state index < -0.39 is 41.8 Å². The molecule has 87 heavy (non-hydrogen) atoms. The van der Waals surface area contributed by atoms with Crippen molar-refractivity contribution in [2.24, 2.45) is 17.8 Å². The molecule has 3 atom stereocenters. The fourth-order valence-electron chi connectivity index (χ4n) is 11.2.